The fourth-order valence-electron chi connectivity index (χ4n) is 4.19. The average molecular weight is 507 g/mol. The number of nitrogens with one attached hydrogen (secondary N) is 1. The summed E-state index contributed by atoms with van der Waals surface area (Å²) < 4.78 is 0. The molecule has 7 heteroatoms. The molecule has 182 valence electrons. The van der Waals surface area contributed by atoms with Crippen LogP contribution in [0.4, 0.5) is 5.69 Å². The number of fused-ring (bicyclic) bond motifs is 1. The van der Waals surface area contributed by atoms with Crippen LogP contribution in [0.15, 0.2) is 83.9 Å². The van der Waals surface area contributed by atoms with E-state index in [0.717, 1.165) is 41.9 Å². The summed E-state index contributed by atoms with van der Waals surface area (Å²) in [7, 11) is 1.86. The number of thiocarbonyl (C=S) groups is 1. The molecule has 0 spiro atoms. The van der Waals surface area contributed by atoms with Gasteiger partial charge in [-0.25, -0.2) is 0 Å². The van der Waals surface area contributed by atoms with Gasteiger partial charge in [0.15, 0.2) is 17.5 Å². The molecule has 0 saturated carbocycles. The van der Waals surface area contributed by atoms with Gasteiger partial charge in [-0.1, -0.05) is 85.6 Å². The molecule has 3 aromatic carbocycles. The van der Waals surface area contributed by atoms with E-state index in [0.29, 0.717) is 16.7 Å². The molecular weight excluding hydrogens is 476 g/mol. The predicted molar refractivity (Wildman–Crippen MR) is 149 cm³/mol. The van der Waals surface area contributed by atoms with Crippen LogP contribution in [0.5, 0.6) is 0 Å². The smallest absolute Gasteiger partial charge is 0.171 e. The molecule has 0 radical (unpaired) electrons. The van der Waals surface area contributed by atoms with Crippen molar-refractivity contribution in [1.29, 1.82) is 0 Å². The van der Waals surface area contributed by atoms with Crippen molar-refractivity contribution < 1.29 is 5.11 Å². The van der Waals surface area contributed by atoms with Crippen LogP contribution in [0.2, 0.25) is 5.02 Å². The van der Waals surface area contributed by atoms with Gasteiger partial charge in [0.1, 0.15) is 0 Å². The van der Waals surface area contributed by atoms with Crippen molar-refractivity contribution in [2.45, 2.75) is 38.7 Å². The first-order valence-electron chi connectivity index (χ1n) is 11.9. The number of benzodiazepines with no additional fused rings is 1. The molecule has 1 heterocycles. The van der Waals surface area contributed by atoms with Crippen molar-refractivity contribution in [2.75, 3.05) is 18.5 Å². The highest BCUT2D eigenvalue weighted by Crippen LogP contribution is 2.31. The molecule has 1 aliphatic heterocycles. The van der Waals surface area contributed by atoms with E-state index in [1.54, 1.807) is 0 Å². The number of hydrogen-bond acceptors (Lipinski definition) is 4. The van der Waals surface area contributed by atoms with Gasteiger partial charge in [0, 0.05) is 42.0 Å². The zero-order valence-corrected chi connectivity index (χ0v) is 21.6. The van der Waals surface area contributed by atoms with Crippen LogP contribution in [-0.2, 0) is 6.54 Å². The normalized spacial score (nSPS) is 17.3. The van der Waals surface area contributed by atoms with Crippen molar-refractivity contribution >= 4 is 40.3 Å². The van der Waals surface area contributed by atoms with E-state index in [1.165, 1.54) is 5.56 Å². The number of unbranched alkanes of at least 4 members (excludes halogenated alkanes) is 1. The minimum atomic E-state index is -0.932. The molecule has 0 amide bonds. The lowest BCUT2D eigenvalue weighted by Crippen LogP contribution is -2.52. The molecule has 2 N–H and O–H groups in total. The van der Waals surface area contributed by atoms with Gasteiger partial charge in [0.25, 0.3) is 0 Å². The van der Waals surface area contributed by atoms with E-state index in [1.807, 2.05) is 78.7 Å². The Morgan fingerprint density at radius 2 is 1.77 bits per heavy atom. The van der Waals surface area contributed by atoms with Crippen molar-refractivity contribution in [1.82, 2.24) is 10.2 Å². The molecule has 1 aliphatic rings. The monoisotopic (exact) mass is 506 g/mol. The number of halogens is 1. The Hall–Kier alpha value is -2.93. The average Bonchev–Trinajstić information content (AvgIpc) is 2.98. The highest BCUT2D eigenvalue weighted by molar-refractivity contribution is 7.80. The Morgan fingerprint density at radius 1 is 1.09 bits per heavy atom. The molecule has 1 unspecified atom stereocenters. The van der Waals surface area contributed by atoms with Crippen LogP contribution < -0.4 is 10.2 Å². The SMILES string of the molecule is CCCCN(Cc1ccccc1)C(=S)NC1N=C(c2ccccc2)c2cc(Cl)ccc2N(C)[C@H]1O. The summed E-state index contributed by atoms with van der Waals surface area (Å²) in [4.78, 5) is 8.98. The summed E-state index contributed by atoms with van der Waals surface area (Å²) in [5, 5.41) is 15.9. The number of aliphatic hydroxyl groups excluding tert-OH is 1. The third-order valence-electron chi connectivity index (χ3n) is 6.14. The Bertz CT molecular complexity index is 1170. The van der Waals surface area contributed by atoms with Crippen molar-refractivity contribution in [3.8, 4) is 0 Å². The highest BCUT2D eigenvalue weighted by Gasteiger charge is 2.31. The number of hydrogen-bond donors (Lipinski definition) is 2. The summed E-state index contributed by atoms with van der Waals surface area (Å²) in [5.74, 6) is 0. The molecule has 0 aromatic heterocycles. The number of likely N-dealkylation sites (N-methyl/N-ethyl adjacent to an activating group) is 1. The van der Waals surface area contributed by atoms with E-state index in [4.69, 9.17) is 28.8 Å². The molecule has 0 bridgehead atoms. The number of aliphatic imine (C=N–C) groups is 1. The standard InChI is InChI=1S/C28H31ClN4OS/c1-3-4-17-33(19-20-11-7-5-8-12-20)28(35)31-26-27(34)32(2)24-16-15-22(29)18-23(24)25(30-26)21-13-9-6-10-14-21/h5-16,18,26-27,34H,3-4,17,19H2,1-2H3,(H,31,35)/t26?,27-/m0/s1. The molecule has 5 nitrogen and oxygen atoms in total. The third kappa shape index (κ3) is 6.01. The second-order valence-corrected chi connectivity index (χ2v) is 9.51. The van der Waals surface area contributed by atoms with Crippen molar-refractivity contribution in [3.63, 3.8) is 0 Å². The van der Waals surface area contributed by atoms with E-state index < -0.39 is 12.4 Å². The Balaban J connectivity index is 1.68. The van der Waals surface area contributed by atoms with Gasteiger partial charge in [-0.3, -0.25) is 4.99 Å². The van der Waals surface area contributed by atoms with Crippen LogP contribution in [-0.4, -0.2) is 46.8 Å². The summed E-state index contributed by atoms with van der Waals surface area (Å²) in [6.45, 7) is 3.68. The van der Waals surface area contributed by atoms with Gasteiger partial charge < -0.3 is 20.2 Å². The lowest BCUT2D eigenvalue weighted by Gasteiger charge is -2.32. The lowest BCUT2D eigenvalue weighted by atomic mass is 10.0. The number of nitrogens with zero attached hydrogens (tertiary/aromatic N) is 3. The molecule has 2 atom stereocenters. The highest BCUT2D eigenvalue weighted by atomic mass is 35.5. The lowest BCUT2D eigenvalue weighted by molar-refractivity contribution is 0.139. The van der Waals surface area contributed by atoms with Gasteiger partial charge >= 0.3 is 0 Å². The van der Waals surface area contributed by atoms with E-state index >= 15 is 0 Å². The summed E-state index contributed by atoms with van der Waals surface area (Å²) >= 11 is 12.2. The topological polar surface area (TPSA) is 51.1 Å². The van der Waals surface area contributed by atoms with Crippen molar-refractivity contribution in [3.05, 3.63) is 101 Å². The second kappa shape index (κ2) is 11.7. The molecule has 0 aliphatic carbocycles. The van der Waals surface area contributed by atoms with E-state index in [-0.39, 0.29) is 0 Å². The maximum absolute atomic E-state index is 11.3. The molecule has 0 fully saturated rings. The first-order chi connectivity index (χ1) is 17.0. The Morgan fingerprint density at radius 3 is 2.46 bits per heavy atom. The van der Waals surface area contributed by atoms with Gasteiger partial charge in [0.05, 0.1) is 5.71 Å². The number of benzene rings is 3. The zero-order chi connectivity index (χ0) is 24.8. The summed E-state index contributed by atoms with van der Waals surface area (Å²) in [6, 6.07) is 25.9. The summed E-state index contributed by atoms with van der Waals surface area (Å²) in [5.41, 5.74) is 4.61. The van der Waals surface area contributed by atoms with Crippen LogP contribution in [0, 0.1) is 0 Å². The molecule has 35 heavy (non-hydrogen) atoms. The molecule has 4 rings (SSSR count). The Kier molecular flexibility index (Phi) is 8.39. The third-order valence-corrected chi connectivity index (χ3v) is 6.76. The fraction of sp³-hybridized carbons (Fsp3) is 0.286. The first-order valence-corrected chi connectivity index (χ1v) is 12.7. The first kappa shape index (κ1) is 25.2. The molecule has 3 aromatic rings. The largest absolute Gasteiger partial charge is 0.370 e. The second-order valence-electron chi connectivity index (χ2n) is 8.68. The number of aliphatic hydroxyl groups is 1. The predicted octanol–water partition coefficient (Wildman–Crippen LogP) is 5.45. The van der Waals surface area contributed by atoms with Crippen LogP contribution in [0.3, 0.4) is 0 Å². The quantitative estimate of drug-likeness (QED) is 0.417. The minimum Gasteiger partial charge on any atom is -0.370 e. The Labute approximate surface area is 218 Å². The van der Waals surface area contributed by atoms with E-state index in [9.17, 15) is 5.11 Å². The number of anilines is 1. The van der Waals surface area contributed by atoms with Gasteiger partial charge in [-0.05, 0) is 42.4 Å². The minimum absolute atomic E-state index is 0.569. The number of rotatable bonds is 7. The van der Waals surface area contributed by atoms with Gasteiger partial charge in [-0.2, -0.15) is 0 Å². The molecular formula is C28H31ClN4OS. The van der Waals surface area contributed by atoms with Crippen LogP contribution >= 0.6 is 23.8 Å². The zero-order valence-electron chi connectivity index (χ0n) is 20.1. The van der Waals surface area contributed by atoms with Crippen LogP contribution in [0.25, 0.3) is 0 Å². The fourth-order valence-corrected chi connectivity index (χ4v) is 4.64. The van der Waals surface area contributed by atoms with Gasteiger partial charge in [-0.15, -0.1) is 0 Å². The maximum Gasteiger partial charge on any atom is 0.171 e. The molecule has 0 saturated heterocycles. The van der Waals surface area contributed by atoms with Crippen molar-refractivity contribution in [2.24, 2.45) is 4.99 Å². The maximum atomic E-state index is 11.3. The van der Waals surface area contributed by atoms with E-state index in [2.05, 4.69) is 29.3 Å². The van der Waals surface area contributed by atoms with Gasteiger partial charge in [0.2, 0.25) is 0 Å². The van der Waals surface area contributed by atoms with Crippen LogP contribution in [0.1, 0.15) is 36.5 Å². The summed E-state index contributed by atoms with van der Waals surface area (Å²) in [6.07, 6.45) is 0.479.